The van der Waals surface area contributed by atoms with Gasteiger partial charge in [0, 0.05) is 29.4 Å². The molecule has 1 unspecified atom stereocenters. The molecule has 1 aliphatic heterocycles. The standard InChI is InChI=1S/C10H16N2O2S3/c1-8-6-16-10(12-8)15-4-3-11-9-2-5-17(13,14)7-9/h6,9,11H,2-5,7H2,1H3. The van der Waals surface area contributed by atoms with Crippen LogP contribution in [-0.4, -0.2) is 43.2 Å². The first-order valence-electron chi connectivity index (χ1n) is 5.54. The summed E-state index contributed by atoms with van der Waals surface area (Å²) >= 11 is 3.38. The molecule has 96 valence electrons. The summed E-state index contributed by atoms with van der Waals surface area (Å²) in [6, 6.07) is 0.152. The molecule has 2 rings (SSSR count). The van der Waals surface area contributed by atoms with E-state index in [2.05, 4.69) is 10.3 Å². The summed E-state index contributed by atoms with van der Waals surface area (Å²) in [6.07, 6.45) is 0.753. The summed E-state index contributed by atoms with van der Waals surface area (Å²) in [5.41, 5.74) is 1.06. The van der Waals surface area contributed by atoms with E-state index in [4.69, 9.17) is 0 Å². The maximum Gasteiger partial charge on any atom is 0.151 e. The van der Waals surface area contributed by atoms with Crippen molar-refractivity contribution in [1.82, 2.24) is 10.3 Å². The maximum absolute atomic E-state index is 11.2. The molecule has 0 amide bonds. The Kier molecular flexibility index (Phi) is 4.46. The number of rotatable bonds is 5. The van der Waals surface area contributed by atoms with Crippen molar-refractivity contribution in [2.24, 2.45) is 0 Å². The number of hydrogen-bond donors (Lipinski definition) is 1. The van der Waals surface area contributed by atoms with Crippen LogP contribution in [0.3, 0.4) is 0 Å². The Labute approximate surface area is 110 Å². The molecule has 0 bridgehead atoms. The molecular weight excluding hydrogens is 276 g/mol. The van der Waals surface area contributed by atoms with Crippen LogP contribution in [0.4, 0.5) is 0 Å². The van der Waals surface area contributed by atoms with Crippen LogP contribution >= 0.6 is 23.1 Å². The van der Waals surface area contributed by atoms with Gasteiger partial charge in [-0.05, 0) is 13.3 Å². The van der Waals surface area contributed by atoms with Gasteiger partial charge in [0.2, 0.25) is 0 Å². The Hall–Kier alpha value is -0.110. The lowest BCUT2D eigenvalue weighted by molar-refractivity contribution is 0.575. The third kappa shape index (κ3) is 4.24. The van der Waals surface area contributed by atoms with Crippen molar-refractivity contribution in [3.63, 3.8) is 0 Å². The van der Waals surface area contributed by atoms with Crippen LogP contribution in [0.2, 0.25) is 0 Å². The highest BCUT2D eigenvalue weighted by molar-refractivity contribution is 8.01. The summed E-state index contributed by atoms with van der Waals surface area (Å²) in [5, 5.41) is 5.33. The molecule has 1 aromatic heterocycles. The van der Waals surface area contributed by atoms with Crippen molar-refractivity contribution in [3.8, 4) is 0 Å². The van der Waals surface area contributed by atoms with Gasteiger partial charge in [0.05, 0.1) is 11.5 Å². The number of nitrogens with zero attached hydrogens (tertiary/aromatic N) is 1. The predicted molar refractivity (Wildman–Crippen MR) is 72.6 cm³/mol. The Bertz CT molecular complexity index is 470. The number of thioether (sulfide) groups is 1. The van der Waals surface area contributed by atoms with E-state index in [-0.39, 0.29) is 6.04 Å². The molecule has 0 spiro atoms. The second-order valence-electron chi connectivity index (χ2n) is 4.16. The number of nitrogens with one attached hydrogen (secondary N) is 1. The van der Waals surface area contributed by atoms with Crippen LogP contribution < -0.4 is 5.32 Å². The van der Waals surface area contributed by atoms with E-state index in [1.807, 2.05) is 12.3 Å². The van der Waals surface area contributed by atoms with Gasteiger partial charge in [0.25, 0.3) is 0 Å². The molecule has 0 saturated carbocycles. The van der Waals surface area contributed by atoms with Crippen molar-refractivity contribution in [1.29, 1.82) is 0 Å². The molecule has 0 aromatic carbocycles. The zero-order valence-corrected chi connectivity index (χ0v) is 12.1. The van der Waals surface area contributed by atoms with E-state index in [0.29, 0.717) is 11.5 Å². The number of thiazole rings is 1. The van der Waals surface area contributed by atoms with Crippen molar-refractivity contribution in [2.75, 3.05) is 23.8 Å². The maximum atomic E-state index is 11.2. The zero-order valence-electron chi connectivity index (χ0n) is 9.68. The molecular formula is C10H16N2O2S3. The molecule has 0 radical (unpaired) electrons. The second kappa shape index (κ2) is 5.69. The number of aryl methyl sites for hydroxylation is 1. The molecule has 4 nitrogen and oxygen atoms in total. The fourth-order valence-electron chi connectivity index (χ4n) is 1.76. The van der Waals surface area contributed by atoms with Gasteiger partial charge in [0.15, 0.2) is 9.84 Å². The lowest BCUT2D eigenvalue weighted by Gasteiger charge is -2.09. The highest BCUT2D eigenvalue weighted by atomic mass is 32.2. The van der Waals surface area contributed by atoms with Gasteiger partial charge in [-0.3, -0.25) is 0 Å². The minimum atomic E-state index is -2.76. The van der Waals surface area contributed by atoms with Crippen molar-refractivity contribution < 1.29 is 8.42 Å². The van der Waals surface area contributed by atoms with E-state index in [1.54, 1.807) is 23.1 Å². The van der Waals surface area contributed by atoms with Gasteiger partial charge in [-0.2, -0.15) is 0 Å². The predicted octanol–water partition coefficient (Wildman–Crippen LogP) is 1.32. The molecule has 1 N–H and O–H groups in total. The van der Waals surface area contributed by atoms with E-state index in [1.165, 1.54) is 0 Å². The third-order valence-corrected chi connectivity index (χ3v) is 6.50. The monoisotopic (exact) mass is 292 g/mol. The molecule has 1 aromatic rings. The Morgan fingerprint density at radius 3 is 3.06 bits per heavy atom. The van der Waals surface area contributed by atoms with Crippen LogP contribution in [0.1, 0.15) is 12.1 Å². The van der Waals surface area contributed by atoms with E-state index >= 15 is 0 Å². The molecule has 2 heterocycles. The summed E-state index contributed by atoms with van der Waals surface area (Å²) in [4.78, 5) is 4.36. The lowest BCUT2D eigenvalue weighted by Crippen LogP contribution is -2.31. The summed E-state index contributed by atoms with van der Waals surface area (Å²) in [6.45, 7) is 2.83. The van der Waals surface area contributed by atoms with E-state index in [0.717, 1.165) is 28.8 Å². The van der Waals surface area contributed by atoms with Crippen LogP contribution in [-0.2, 0) is 9.84 Å². The molecule has 7 heteroatoms. The molecule has 17 heavy (non-hydrogen) atoms. The third-order valence-electron chi connectivity index (χ3n) is 2.59. The second-order valence-corrected chi connectivity index (χ2v) is 8.59. The number of hydrogen-bond acceptors (Lipinski definition) is 6. The van der Waals surface area contributed by atoms with Crippen LogP contribution in [0.15, 0.2) is 9.72 Å². The largest absolute Gasteiger partial charge is 0.312 e. The quantitative estimate of drug-likeness (QED) is 0.655. The van der Waals surface area contributed by atoms with E-state index in [9.17, 15) is 8.42 Å². The topological polar surface area (TPSA) is 59.1 Å². The fraction of sp³-hybridized carbons (Fsp3) is 0.700. The zero-order chi connectivity index (χ0) is 12.3. The van der Waals surface area contributed by atoms with Gasteiger partial charge >= 0.3 is 0 Å². The molecule has 0 aliphatic carbocycles. The normalized spacial score (nSPS) is 23.0. The number of sulfone groups is 1. The van der Waals surface area contributed by atoms with Crippen molar-refractivity contribution in [3.05, 3.63) is 11.1 Å². The van der Waals surface area contributed by atoms with Crippen LogP contribution in [0.25, 0.3) is 0 Å². The average molecular weight is 292 g/mol. The highest BCUT2D eigenvalue weighted by Gasteiger charge is 2.26. The van der Waals surface area contributed by atoms with E-state index < -0.39 is 9.84 Å². The average Bonchev–Trinajstić information content (AvgIpc) is 2.80. The Morgan fingerprint density at radius 2 is 2.47 bits per heavy atom. The number of aromatic nitrogens is 1. The van der Waals surface area contributed by atoms with Crippen LogP contribution in [0.5, 0.6) is 0 Å². The smallest absolute Gasteiger partial charge is 0.151 e. The summed E-state index contributed by atoms with van der Waals surface area (Å²) < 4.78 is 23.6. The van der Waals surface area contributed by atoms with Crippen molar-refractivity contribution >= 4 is 32.9 Å². The first-order chi connectivity index (χ1) is 8.05. The molecule has 1 fully saturated rings. The highest BCUT2D eigenvalue weighted by Crippen LogP contribution is 2.21. The Balaban J connectivity index is 1.64. The summed E-state index contributed by atoms with van der Waals surface area (Å²) in [7, 11) is -2.76. The van der Waals surface area contributed by atoms with Gasteiger partial charge in [-0.1, -0.05) is 11.8 Å². The molecule has 1 atom stereocenters. The van der Waals surface area contributed by atoms with Gasteiger partial charge in [-0.15, -0.1) is 11.3 Å². The van der Waals surface area contributed by atoms with Gasteiger partial charge < -0.3 is 5.32 Å². The minimum Gasteiger partial charge on any atom is -0.312 e. The molecule has 1 aliphatic rings. The SMILES string of the molecule is Cc1csc(SCCNC2CCS(=O)(=O)C2)n1. The summed E-state index contributed by atoms with van der Waals surface area (Å²) in [5.74, 6) is 1.57. The minimum absolute atomic E-state index is 0.152. The van der Waals surface area contributed by atoms with Gasteiger partial charge in [0.1, 0.15) is 4.34 Å². The molecule has 1 saturated heterocycles. The van der Waals surface area contributed by atoms with Gasteiger partial charge in [-0.25, -0.2) is 13.4 Å². The fourth-order valence-corrected chi connectivity index (χ4v) is 5.25. The first kappa shape index (κ1) is 13.3. The first-order valence-corrected chi connectivity index (χ1v) is 9.22. The van der Waals surface area contributed by atoms with Crippen LogP contribution in [0, 0.1) is 6.92 Å². The van der Waals surface area contributed by atoms with Crippen molar-refractivity contribution in [2.45, 2.75) is 23.7 Å². The Morgan fingerprint density at radius 1 is 1.65 bits per heavy atom. The lowest BCUT2D eigenvalue weighted by atomic mass is 10.3.